The average Bonchev–Trinajstić information content (AvgIpc) is 2.55. The molecule has 0 fully saturated rings. The minimum absolute atomic E-state index is 0.136. The van der Waals surface area contributed by atoms with Gasteiger partial charge in [0.15, 0.2) is 11.9 Å². The molecular formula is C18H9ClO3. The molecule has 1 unspecified atom stereocenters. The normalized spacial score (nSPS) is 15.5. The zero-order valence-electron chi connectivity index (χ0n) is 11.3. The number of fused-ring (bicyclic) bond motifs is 4. The van der Waals surface area contributed by atoms with Crippen LogP contribution in [0.5, 0.6) is 5.75 Å². The summed E-state index contributed by atoms with van der Waals surface area (Å²) in [6, 6.07) is 12.4. The highest BCUT2D eigenvalue weighted by Gasteiger charge is 2.29. The van der Waals surface area contributed by atoms with Gasteiger partial charge in [0.2, 0.25) is 11.2 Å². The lowest BCUT2D eigenvalue weighted by Crippen LogP contribution is -2.18. The fourth-order valence-electron chi connectivity index (χ4n) is 2.67. The molecule has 106 valence electrons. The first-order valence-corrected chi connectivity index (χ1v) is 7.05. The van der Waals surface area contributed by atoms with Crippen molar-refractivity contribution >= 4 is 22.6 Å². The molecule has 1 aromatic heterocycles. The van der Waals surface area contributed by atoms with E-state index in [1.54, 1.807) is 18.2 Å². The highest BCUT2D eigenvalue weighted by Crippen LogP contribution is 2.41. The molecule has 0 N–H and O–H groups in total. The number of benzene rings is 2. The maximum Gasteiger partial charge on any atom is 0.235 e. The van der Waals surface area contributed by atoms with Crippen LogP contribution < -0.4 is 10.2 Å². The third-order valence-corrected chi connectivity index (χ3v) is 3.92. The largest absolute Gasteiger partial charge is 0.465 e. The summed E-state index contributed by atoms with van der Waals surface area (Å²) in [7, 11) is 0. The maximum atomic E-state index is 12.7. The molecule has 4 rings (SSSR count). The van der Waals surface area contributed by atoms with Gasteiger partial charge in [-0.05, 0) is 18.2 Å². The fraction of sp³-hybridized carbons (Fsp3) is 0.0556. The third kappa shape index (κ3) is 1.75. The molecule has 2 heterocycles. The summed E-state index contributed by atoms with van der Waals surface area (Å²) in [6.45, 7) is 0. The Balaban J connectivity index is 2.12. The van der Waals surface area contributed by atoms with E-state index in [1.165, 1.54) is 0 Å². The Morgan fingerprint density at radius 1 is 1.18 bits per heavy atom. The monoisotopic (exact) mass is 308 g/mol. The minimum atomic E-state index is -0.608. The molecule has 0 aliphatic carbocycles. The van der Waals surface area contributed by atoms with Gasteiger partial charge in [-0.3, -0.25) is 4.79 Å². The van der Waals surface area contributed by atoms with Gasteiger partial charge >= 0.3 is 0 Å². The van der Waals surface area contributed by atoms with Crippen LogP contribution in [0, 0.1) is 12.3 Å². The van der Waals surface area contributed by atoms with Gasteiger partial charge in [0.05, 0.1) is 5.39 Å². The van der Waals surface area contributed by atoms with Crippen molar-refractivity contribution in [1.82, 2.24) is 0 Å². The first-order chi connectivity index (χ1) is 10.7. The van der Waals surface area contributed by atoms with Crippen LogP contribution in [-0.2, 0) is 0 Å². The molecule has 0 spiro atoms. The van der Waals surface area contributed by atoms with E-state index in [1.807, 2.05) is 24.3 Å². The van der Waals surface area contributed by atoms with Crippen LogP contribution in [0.4, 0.5) is 0 Å². The van der Waals surface area contributed by atoms with Crippen molar-refractivity contribution in [2.45, 2.75) is 6.10 Å². The quantitative estimate of drug-likeness (QED) is 0.585. The van der Waals surface area contributed by atoms with Crippen LogP contribution in [0.3, 0.4) is 0 Å². The lowest BCUT2D eigenvalue weighted by molar-refractivity contribution is 0.251. The number of hydrogen-bond acceptors (Lipinski definition) is 3. The topological polar surface area (TPSA) is 39.4 Å². The van der Waals surface area contributed by atoms with Gasteiger partial charge in [0.1, 0.15) is 5.58 Å². The molecule has 1 aliphatic heterocycles. The molecule has 0 radical (unpaired) electrons. The molecule has 1 aliphatic rings. The first-order valence-electron chi connectivity index (χ1n) is 6.67. The second-order valence-corrected chi connectivity index (χ2v) is 5.42. The zero-order valence-corrected chi connectivity index (χ0v) is 12.1. The Kier molecular flexibility index (Phi) is 2.75. The van der Waals surface area contributed by atoms with E-state index in [9.17, 15) is 4.79 Å². The molecule has 2 aromatic carbocycles. The van der Waals surface area contributed by atoms with Crippen LogP contribution in [0.2, 0.25) is 5.02 Å². The minimum Gasteiger partial charge on any atom is -0.465 e. The fourth-order valence-corrected chi connectivity index (χ4v) is 2.84. The molecule has 0 saturated heterocycles. The summed E-state index contributed by atoms with van der Waals surface area (Å²) in [5.74, 6) is 3.10. The second kappa shape index (κ2) is 4.66. The van der Waals surface area contributed by atoms with Gasteiger partial charge < -0.3 is 9.15 Å². The number of rotatable bonds is 0. The highest BCUT2D eigenvalue weighted by molar-refractivity contribution is 6.31. The van der Waals surface area contributed by atoms with E-state index in [2.05, 4.69) is 5.92 Å². The van der Waals surface area contributed by atoms with Gasteiger partial charge in [-0.1, -0.05) is 41.8 Å². The van der Waals surface area contributed by atoms with Crippen LogP contribution >= 0.6 is 11.6 Å². The van der Waals surface area contributed by atoms with Crippen LogP contribution in [0.25, 0.3) is 22.3 Å². The molecule has 1 atom stereocenters. The van der Waals surface area contributed by atoms with Crippen molar-refractivity contribution < 1.29 is 9.15 Å². The molecule has 0 bridgehead atoms. The van der Waals surface area contributed by atoms with Gasteiger partial charge in [0, 0.05) is 16.1 Å². The van der Waals surface area contributed by atoms with E-state index < -0.39 is 6.10 Å². The number of halogens is 1. The lowest BCUT2D eigenvalue weighted by Gasteiger charge is -2.24. The van der Waals surface area contributed by atoms with Crippen molar-refractivity contribution in [3.63, 3.8) is 0 Å². The number of hydrogen-bond donors (Lipinski definition) is 0. The molecule has 22 heavy (non-hydrogen) atoms. The summed E-state index contributed by atoms with van der Waals surface area (Å²) >= 11 is 5.96. The van der Waals surface area contributed by atoms with E-state index in [-0.39, 0.29) is 11.2 Å². The smallest absolute Gasteiger partial charge is 0.235 e. The van der Waals surface area contributed by atoms with E-state index in [0.29, 0.717) is 21.8 Å². The van der Waals surface area contributed by atoms with Gasteiger partial charge in [-0.15, -0.1) is 6.42 Å². The Morgan fingerprint density at radius 3 is 2.82 bits per heavy atom. The van der Waals surface area contributed by atoms with Crippen LogP contribution in [-0.4, -0.2) is 0 Å². The van der Waals surface area contributed by atoms with Gasteiger partial charge in [-0.2, -0.15) is 0 Å². The summed E-state index contributed by atoms with van der Waals surface area (Å²) in [5.41, 5.74) is 1.79. The molecule has 3 nitrogen and oxygen atoms in total. The van der Waals surface area contributed by atoms with Crippen molar-refractivity contribution in [3.05, 3.63) is 63.3 Å². The molecule has 3 aromatic rings. The summed E-state index contributed by atoms with van der Waals surface area (Å²) in [4.78, 5) is 12.7. The van der Waals surface area contributed by atoms with Gasteiger partial charge in [-0.25, -0.2) is 0 Å². The van der Waals surface area contributed by atoms with E-state index in [4.69, 9.17) is 27.2 Å². The van der Waals surface area contributed by atoms with Crippen LogP contribution in [0.1, 0.15) is 11.7 Å². The molecule has 0 saturated carbocycles. The Bertz CT molecular complexity index is 1010. The molecule has 0 amide bonds. The summed E-state index contributed by atoms with van der Waals surface area (Å²) in [6.07, 6.45) is 4.93. The predicted octanol–water partition coefficient (Wildman–Crippen LogP) is 4.18. The van der Waals surface area contributed by atoms with Crippen molar-refractivity contribution in [2.24, 2.45) is 0 Å². The Labute approximate surface area is 131 Å². The molecule has 4 heteroatoms. The summed E-state index contributed by atoms with van der Waals surface area (Å²) in [5, 5.41) is 0.839. The van der Waals surface area contributed by atoms with Crippen molar-refractivity contribution in [3.8, 4) is 29.4 Å². The maximum absolute atomic E-state index is 12.7. The van der Waals surface area contributed by atoms with E-state index >= 15 is 0 Å². The SMILES string of the molecule is C#CC1Oc2c(oc3ccc(Cl)cc3c2=O)-c2ccccc21. The highest BCUT2D eigenvalue weighted by atomic mass is 35.5. The predicted molar refractivity (Wildman–Crippen MR) is 85.1 cm³/mol. The van der Waals surface area contributed by atoms with Crippen molar-refractivity contribution in [2.75, 3.05) is 0 Å². The first kappa shape index (κ1) is 13.0. The Morgan fingerprint density at radius 2 is 2.00 bits per heavy atom. The Hall–Kier alpha value is -2.70. The average molecular weight is 309 g/mol. The third-order valence-electron chi connectivity index (χ3n) is 3.69. The molecular weight excluding hydrogens is 300 g/mol. The van der Waals surface area contributed by atoms with Crippen LogP contribution in [0.15, 0.2) is 51.7 Å². The van der Waals surface area contributed by atoms with E-state index in [0.717, 1.165) is 11.1 Å². The second-order valence-electron chi connectivity index (χ2n) is 4.98. The van der Waals surface area contributed by atoms with Crippen molar-refractivity contribution in [1.29, 1.82) is 0 Å². The summed E-state index contributed by atoms with van der Waals surface area (Å²) < 4.78 is 11.6. The lowest BCUT2D eigenvalue weighted by atomic mass is 9.97. The number of terminal acetylenes is 1. The zero-order chi connectivity index (χ0) is 15.3. The number of ether oxygens (including phenoxy) is 1. The standard InChI is InChI=1S/C18H9ClO3/c1-2-14-11-5-3-4-6-12(11)17-18(21-14)16(20)13-9-10(19)7-8-15(13)22-17/h1,3-9,14H. The van der Waals surface area contributed by atoms with Gasteiger partial charge in [0.25, 0.3) is 0 Å².